The maximum absolute atomic E-state index is 6.12. The van der Waals surface area contributed by atoms with Crippen LogP contribution in [0.3, 0.4) is 0 Å². The summed E-state index contributed by atoms with van der Waals surface area (Å²) < 4.78 is 0. The van der Waals surface area contributed by atoms with Crippen molar-refractivity contribution < 1.29 is 0 Å². The predicted molar refractivity (Wildman–Crippen MR) is 323 cm³/mol. The molecule has 5 nitrogen and oxygen atoms in total. The summed E-state index contributed by atoms with van der Waals surface area (Å²) >= 11 is 0. The van der Waals surface area contributed by atoms with E-state index in [4.69, 9.17) is 15.0 Å². The maximum atomic E-state index is 6.12. The van der Waals surface area contributed by atoms with Gasteiger partial charge in [-0.15, -0.1) is 0 Å². The number of nitrogens with zero attached hydrogens (tertiary/aromatic N) is 3. The topological polar surface area (TPSA) is 70.2 Å². The number of aromatic amines is 2. The summed E-state index contributed by atoms with van der Waals surface area (Å²) in [6, 6.07) is 80.2. The quantitative estimate of drug-likeness (QED) is 0.185. The molecular weight excluding hydrogens is 935 g/mol. The minimum Gasteiger partial charge on any atom is -0.353 e. The van der Waals surface area contributed by atoms with E-state index in [1.54, 1.807) is 0 Å². The van der Waals surface area contributed by atoms with Gasteiger partial charge in [0, 0.05) is 60.5 Å². The number of nitrogens with one attached hydrogen (secondary N) is 2. The third-order valence-electron chi connectivity index (χ3n) is 16.2. The molecular formula is C72H47N5. The van der Waals surface area contributed by atoms with Gasteiger partial charge in [-0.25, -0.2) is 15.0 Å². The molecule has 2 aliphatic heterocycles. The van der Waals surface area contributed by atoms with Crippen LogP contribution < -0.4 is 0 Å². The second-order valence-corrected chi connectivity index (χ2v) is 21.1. The van der Waals surface area contributed by atoms with Crippen molar-refractivity contribution in [3.63, 3.8) is 0 Å². The van der Waals surface area contributed by atoms with Crippen LogP contribution in [0.25, 0.3) is 165 Å². The Morgan fingerprint density at radius 2 is 0.571 bits per heavy atom. The van der Waals surface area contributed by atoms with E-state index in [1.807, 2.05) is 0 Å². The highest BCUT2D eigenvalue weighted by atomic mass is 15.0. The number of aromatic nitrogens is 5. The number of H-pyrrole nitrogens is 2. The van der Waals surface area contributed by atoms with E-state index in [2.05, 4.69) is 249 Å². The lowest BCUT2D eigenvalue weighted by Crippen LogP contribution is -1.88. The number of fused-ring (bicyclic) bond motifs is 24. The van der Waals surface area contributed by atoms with Gasteiger partial charge in [0.25, 0.3) is 0 Å². The summed E-state index contributed by atoms with van der Waals surface area (Å²) in [5, 5.41) is 13.4. The van der Waals surface area contributed by atoms with E-state index in [0.717, 1.165) is 160 Å². The van der Waals surface area contributed by atoms with Crippen LogP contribution in [-0.4, -0.2) is 24.9 Å². The molecule has 2 aliphatic rings. The van der Waals surface area contributed by atoms with Gasteiger partial charge in [0.2, 0.25) is 0 Å². The zero-order valence-corrected chi connectivity index (χ0v) is 42.6. The lowest BCUT2D eigenvalue weighted by atomic mass is 9.91. The van der Waals surface area contributed by atoms with Crippen LogP contribution in [0.5, 0.6) is 0 Å². The molecule has 0 spiro atoms. The van der Waals surface area contributed by atoms with E-state index in [0.29, 0.717) is 5.82 Å². The molecule has 5 heteroatoms. The first kappa shape index (κ1) is 43.4. The summed E-state index contributed by atoms with van der Waals surface area (Å²) in [7, 11) is 0. The first-order valence-electron chi connectivity index (χ1n) is 26.5. The third-order valence-corrected chi connectivity index (χ3v) is 16.2. The third kappa shape index (κ3) is 6.77. The molecule has 0 aliphatic carbocycles. The molecule has 0 saturated heterocycles. The fraction of sp³-hybridized carbons (Fsp3) is 0.0417. The van der Waals surface area contributed by atoms with E-state index in [1.165, 1.54) is 16.7 Å². The number of hydrogen-bond donors (Lipinski definition) is 2. The molecule has 0 radical (unpaired) electrons. The SMILES string of the molecule is Cc1ccc(-c2c3nc(c(-c4ccc(C)cc4)c4[nH]c(c(-c5ccc(C)cc5)c5nc(nc6[nH]c2c2cc7ccccc7cc62)-c2cc6ccccc6cc2-5)c2cc5ccccc5cc42)-c2cc4ccccc4cc2-3)cc1. The monoisotopic (exact) mass is 981 g/mol. The van der Waals surface area contributed by atoms with E-state index in [9.17, 15) is 0 Å². The molecule has 5 heterocycles. The number of rotatable bonds is 3. The van der Waals surface area contributed by atoms with Crippen LogP contribution in [0.15, 0.2) is 218 Å². The maximum Gasteiger partial charge on any atom is 0.162 e. The first-order chi connectivity index (χ1) is 37.8. The van der Waals surface area contributed by atoms with Crippen LogP contribution in [0.1, 0.15) is 16.7 Å². The molecule has 3 aromatic heterocycles. The minimum absolute atomic E-state index is 0.649. The van der Waals surface area contributed by atoms with Crippen molar-refractivity contribution in [1.82, 2.24) is 24.9 Å². The molecule has 8 bridgehead atoms. The highest BCUT2D eigenvalue weighted by Gasteiger charge is 2.30. The van der Waals surface area contributed by atoms with Crippen LogP contribution >= 0.6 is 0 Å². The number of benzene rings is 11. The van der Waals surface area contributed by atoms with Crippen molar-refractivity contribution in [1.29, 1.82) is 0 Å². The van der Waals surface area contributed by atoms with Crippen molar-refractivity contribution >= 4 is 86.8 Å². The largest absolute Gasteiger partial charge is 0.353 e. The minimum atomic E-state index is 0.649. The van der Waals surface area contributed by atoms with Gasteiger partial charge >= 0.3 is 0 Å². The van der Waals surface area contributed by atoms with Crippen LogP contribution in [0, 0.1) is 20.8 Å². The van der Waals surface area contributed by atoms with Crippen LogP contribution in [0.4, 0.5) is 0 Å². The second kappa shape index (κ2) is 16.5. The van der Waals surface area contributed by atoms with Crippen LogP contribution in [0.2, 0.25) is 0 Å². The zero-order chi connectivity index (χ0) is 51.0. The van der Waals surface area contributed by atoms with E-state index in [-0.39, 0.29) is 0 Å². The Labute approximate surface area is 443 Å². The Hall–Kier alpha value is -9.97. The Balaban J connectivity index is 1.23. The van der Waals surface area contributed by atoms with Gasteiger partial charge in [0.05, 0.1) is 33.6 Å². The predicted octanol–water partition coefficient (Wildman–Crippen LogP) is 19.2. The van der Waals surface area contributed by atoms with Crippen LogP contribution in [-0.2, 0) is 0 Å². The normalized spacial score (nSPS) is 12.1. The first-order valence-corrected chi connectivity index (χ1v) is 26.5. The summed E-state index contributed by atoms with van der Waals surface area (Å²) in [6.45, 7) is 6.46. The van der Waals surface area contributed by atoms with Crippen molar-refractivity contribution in [2.75, 3.05) is 0 Å². The van der Waals surface area contributed by atoms with E-state index < -0.39 is 0 Å². The fourth-order valence-electron chi connectivity index (χ4n) is 12.3. The lowest BCUT2D eigenvalue weighted by Gasteiger charge is -2.10. The average molecular weight is 982 g/mol. The van der Waals surface area contributed by atoms with Crippen molar-refractivity contribution in [2.45, 2.75) is 20.8 Å². The summed E-state index contributed by atoms with van der Waals surface area (Å²) in [4.78, 5) is 26.0. The molecule has 0 amide bonds. The molecule has 16 rings (SSSR count). The Kier molecular flexibility index (Phi) is 9.32. The Bertz CT molecular complexity index is 5000. The second-order valence-electron chi connectivity index (χ2n) is 21.1. The fourth-order valence-corrected chi connectivity index (χ4v) is 12.3. The lowest BCUT2D eigenvalue weighted by molar-refractivity contribution is 1.27. The van der Waals surface area contributed by atoms with Gasteiger partial charge in [-0.05, 0) is 129 Å². The standard InChI is InChI=1S/C72H47N5/c1-40-20-26-43(27-21-40)62-65-54-32-46-12-4-6-14-48(46)34-56(54)67(73-65)63(44-28-22-41(2)23-29-44)69-58-36-50-16-8-10-18-52(50)38-60(58)71(75-69)77-72-61-39-53-19-11-9-17-51(53)37-59(61)70(76-72)64(45-30-24-42(3)25-31-45)68-57-35-49-15-7-5-13-47(49)33-55(57)66(62)74-68/h4-39,73H,1-3H3,(H,75,76,77). The smallest absolute Gasteiger partial charge is 0.162 e. The molecule has 0 saturated carbocycles. The molecule has 77 heavy (non-hydrogen) atoms. The Morgan fingerprint density at radius 3 is 0.961 bits per heavy atom. The molecule has 14 aromatic rings. The van der Waals surface area contributed by atoms with Crippen molar-refractivity contribution in [3.8, 4) is 78.5 Å². The molecule has 0 fully saturated rings. The van der Waals surface area contributed by atoms with Crippen molar-refractivity contribution in [3.05, 3.63) is 235 Å². The molecule has 0 unspecified atom stereocenters. The zero-order valence-electron chi connectivity index (χ0n) is 42.6. The molecule has 0 atom stereocenters. The number of aryl methyl sites for hydroxylation is 3. The van der Waals surface area contributed by atoms with Gasteiger partial charge < -0.3 is 9.97 Å². The van der Waals surface area contributed by atoms with Crippen molar-refractivity contribution in [2.24, 2.45) is 0 Å². The average Bonchev–Trinajstić information content (AvgIpc) is 4.36. The van der Waals surface area contributed by atoms with Gasteiger partial charge in [-0.3, -0.25) is 0 Å². The highest BCUT2D eigenvalue weighted by molar-refractivity contribution is 6.23. The summed E-state index contributed by atoms with van der Waals surface area (Å²) in [5.74, 6) is 0.649. The summed E-state index contributed by atoms with van der Waals surface area (Å²) in [6.07, 6.45) is 0. The van der Waals surface area contributed by atoms with E-state index >= 15 is 0 Å². The Morgan fingerprint density at radius 1 is 0.273 bits per heavy atom. The van der Waals surface area contributed by atoms with Gasteiger partial charge in [0.15, 0.2) is 5.82 Å². The van der Waals surface area contributed by atoms with Gasteiger partial charge in [-0.1, -0.05) is 187 Å². The molecule has 2 N–H and O–H groups in total. The van der Waals surface area contributed by atoms with Gasteiger partial charge in [-0.2, -0.15) is 0 Å². The highest BCUT2D eigenvalue weighted by Crippen LogP contribution is 2.51. The molecule has 360 valence electrons. The van der Waals surface area contributed by atoms with Gasteiger partial charge in [0.1, 0.15) is 5.65 Å². The summed E-state index contributed by atoms with van der Waals surface area (Å²) in [5.41, 5.74) is 20.2. The molecule has 11 aromatic carbocycles. The number of hydrogen-bond acceptors (Lipinski definition) is 3.